The number of nitrogens with two attached hydrogens (primary N) is 1. The average molecular weight is 281 g/mol. The van der Waals surface area contributed by atoms with Gasteiger partial charge in [0.15, 0.2) is 0 Å². The Balaban J connectivity index is 1.97. The maximum absolute atomic E-state index is 10.6. The van der Waals surface area contributed by atoms with Crippen LogP contribution in [0.15, 0.2) is 77.2 Å². The predicted octanol–water partition coefficient (Wildman–Crippen LogP) is 4.25. The predicted molar refractivity (Wildman–Crippen MR) is 80.6 cm³/mol. The van der Waals surface area contributed by atoms with E-state index < -0.39 is 6.09 Å². The van der Waals surface area contributed by atoms with Gasteiger partial charge in [-0.1, -0.05) is 36.9 Å². The quantitative estimate of drug-likeness (QED) is 0.656. The summed E-state index contributed by atoms with van der Waals surface area (Å²) in [6.07, 6.45) is -0.438. The van der Waals surface area contributed by atoms with Crippen molar-refractivity contribution in [3.8, 4) is 0 Å². The number of primary amides is 1. The molecular formula is C16H15N3O2. The topological polar surface area (TPSA) is 77.0 Å². The van der Waals surface area contributed by atoms with Gasteiger partial charge in [0.1, 0.15) is 5.76 Å². The fourth-order valence-electron chi connectivity index (χ4n) is 1.70. The lowest BCUT2D eigenvalue weighted by atomic mass is 10.1. The molecule has 2 rings (SSSR count). The Hall–Kier alpha value is -2.95. The largest absolute Gasteiger partial charge is 0.415 e. The van der Waals surface area contributed by atoms with Crippen LogP contribution in [-0.4, -0.2) is 6.09 Å². The molecule has 2 aromatic rings. The summed E-state index contributed by atoms with van der Waals surface area (Å²) in [5, 5.41) is 8.27. The molecule has 5 nitrogen and oxygen atoms in total. The summed E-state index contributed by atoms with van der Waals surface area (Å²) >= 11 is 0. The number of ether oxygens (including phenoxy) is 1. The molecule has 1 amide bonds. The molecule has 0 unspecified atom stereocenters. The molecule has 2 aromatic carbocycles. The van der Waals surface area contributed by atoms with Crippen LogP contribution in [0.3, 0.4) is 0 Å². The molecule has 0 heterocycles. The summed E-state index contributed by atoms with van der Waals surface area (Å²) in [6, 6.07) is 16.9. The van der Waals surface area contributed by atoms with E-state index in [0.29, 0.717) is 12.2 Å². The Morgan fingerprint density at radius 3 is 2.14 bits per heavy atom. The lowest BCUT2D eigenvalue weighted by Gasteiger charge is -2.04. The van der Waals surface area contributed by atoms with E-state index in [9.17, 15) is 4.79 Å². The van der Waals surface area contributed by atoms with E-state index in [-0.39, 0.29) is 0 Å². The van der Waals surface area contributed by atoms with Gasteiger partial charge in [0.05, 0.1) is 11.4 Å². The van der Waals surface area contributed by atoms with Crippen LogP contribution in [0.25, 0.3) is 0 Å². The minimum atomic E-state index is -0.853. The van der Waals surface area contributed by atoms with Gasteiger partial charge in [-0.05, 0) is 29.8 Å². The summed E-state index contributed by atoms with van der Waals surface area (Å²) in [5.41, 5.74) is 7.40. The number of nitrogens with zero attached hydrogens (tertiary/aromatic N) is 2. The summed E-state index contributed by atoms with van der Waals surface area (Å²) in [7, 11) is 0. The zero-order chi connectivity index (χ0) is 15.1. The minimum absolute atomic E-state index is 0.307. The highest BCUT2D eigenvalue weighted by molar-refractivity contribution is 5.65. The fraction of sp³-hybridized carbons (Fsp3) is 0.0625. The third kappa shape index (κ3) is 4.91. The molecule has 5 heteroatoms. The van der Waals surface area contributed by atoms with E-state index in [1.807, 2.05) is 54.6 Å². The molecule has 0 aliphatic carbocycles. The van der Waals surface area contributed by atoms with Crippen LogP contribution < -0.4 is 5.73 Å². The van der Waals surface area contributed by atoms with E-state index in [2.05, 4.69) is 16.8 Å². The summed E-state index contributed by atoms with van der Waals surface area (Å²) < 4.78 is 4.69. The first-order chi connectivity index (χ1) is 10.1. The second-order valence-corrected chi connectivity index (χ2v) is 4.34. The second kappa shape index (κ2) is 7.00. The van der Waals surface area contributed by atoms with Crippen molar-refractivity contribution in [3.63, 3.8) is 0 Å². The molecule has 0 aliphatic heterocycles. The Morgan fingerprint density at radius 1 is 1.00 bits per heavy atom. The van der Waals surface area contributed by atoms with E-state index in [1.54, 1.807) is 0 Å². The standard InChI is InChI=1S/C16H15N3O2/c1-12(21-16(17)20)11-13-7-9-15(10-8-13)19-18-14-5-3-2-4-6-14/h2-10H,1,11H2,(H2,17,20). The van der Waals surface area contributed by atoms with Gasteiger partial charge in [-0.15, -0.1) is 0 Å². The summed E-state index contributed by atoms with van der Waals surface area (Å²) in [5.74, 6) is 0.307. The molecule has 0 bridgehead atoms. The Morgan fingerprint density at radius 2 is 1.57 bits per heavy atom. The van der Waals surface area contributed by atoms with Gasteiger partial charge in [0.25, 0.3) is 0 Å². The van der Waals surface area contributed by atoms with Crippen LogP contribution in [0.5, 0.6) is 0 Å². The van der Waals surface area contributed by atoms with Crippen molar-refractivity contribution < 1.29 is 9.53 Å². The Kier molecular flexibility index (Phi) is 4.82. The van der Waals surface area contributed by atoms with Gasteiger partial charge in [0, 0.05) is 6.42 Å². The third-order valence-electron chi connectivity index (χ3n) is 2.62. The molecule has 0 fully saturated rings. The van der Waals surface area contributed by atoms with Gasteiger partial charge in [-0.25, -0.2) is 4.79 Å². The zero-order valence-electron chi connectivity index (χ0n) is 11.4. The number of allylic oxidation sites excluding steroid dienone is 1. The number of azo groups is 1. The summed E-state index contributed by atoms with van der Waals surface area (Å²) in [6.45, 7) is 3.62. The van der Waals surface area contributed by atoms with Crippen molar-refractivity contribution in [1.82, 2.24) is 0 Å². The highest BCUT2D eigenvalue weighted by Gasteiger charge is 2.02. The van der Waals surface area contributed by atoms with E-state index in [1.165, 1.54) is 0 Å². The lowest BCUT2D eigenvalue weighted by molar-refractivity contribution is 0.185. The van der Waals surface area contributed by atoms with Crippen molar-refractivity contribution in [1.29, 1.82) is 0 Å². The molecule has 0 atom stereocenters. The van der Waals surface area contributed by atoms with Crippen molar-refractivity contribution in [2.75, 3.05) is 0 Å². The zero-order valence-corrected chi connectivity index (χ0v) is 11.4. The van der Waals surface area contributed by atoms with Crippen molar-refractivity contribution >= 4 is 17.5 Å². The first-order valence-corrected chi connectivity index (χ1v) is 6.34. The van der Waals surface area contributed by atoms with Gasteiger partial charge in [0.2, 0.25) is 0 Å². The maximum Gasteiger partial charge on any atom is 0.409 e. The molecule has 0 aliphatic rings. The van der Waals surface area contributed by atoms with Crippen molar-refractivity contribution in [3.05, 3.63) is 72.5 Å². The summed E-state index contributed by atoms with van der Waals surface area (Å²) in [4.78, 5) is 10.6. The second-order valence-electron chi connectivity index (χ2n) is 4.34. The lowest BCUT2D eigenvalue weighted by Crippen LogP contribution is -2.13. The number of amides is 1. The van der Waals surface area contributed by atoms with Gasteiger partial charge in [-0.3, -0.25) is 0 Å². The molecule has 106 valence electrons. The molecule has 0 saturated carbocycles. The van der Waals surface area contributed by atoms with Gasteiger partial charge >= 0.3 is 6.09 Å². The SMILES string of the molecule is C=C(Cc1ccc(N=Nc2ccccc2)cc1)OC(N)=O. The number of benzene rings is 2. The first-order valence-electron chi connectivity index (χ1n) is 6.34. The molecule has 2 N–H and O–H groups in total. The first kappa shape index (κ1) is 14.5. The number of carbonyl (C=O) groups excluding carboxylic acids is 1. The van der Waals surface area contributed by atoms with Crippen molar-refractivity contribution in [2.45, 2.75) is 6.42 Å². The van der Waals surface area contributed by atoms with Crippen LogP contribution in [0.4, 0.5) is 16.2 Å². The molecule has 0 spiro atoms. The third-order valence-corrected chi connectivity index (χ3v) is 2.62. The number of hydrogen-bond donors (Lipinski definition) is 1. The van der Waals surface area contributed by atoms with Crippen LogP contribution in [-0.2, 0) is 11.2 Å². The molecule has 0 radical (unpaired) electrons. The van der Waals surface area contributed by atoms with E-state index >= 15 is 0 Å². The van der Waals surface area contributed by atoms with Gasteiger partial charge in [-0.2, -0.15) is 10.2 Å². The highest BCUT2D eigenvalue weighted by atomic mass is 16.5. The number of carbonyl (C=O) groups is 1. The Bertz CT molecular complexity index is 649. The van der Waals surface area contributed by atoms with E-state index in [4.69, 9.17) is 10.5 Å². The van der Waals surface area contributed by atoms with E-state index in [0.717, 1.165) is 16.9 Å². The Labute approximate surface area is 122 Å². The normalized spacial score (nSPS) is 10.5. The molecule has 0 saturated heterocycles. The van der Waals surface area contributed by atoms with Gasteiger partial charge < -0.3 is 10.5 Å². The number of hydrogen-bond acceptors (Lipinski definition) is 4. The van der Waals surface area contributed by atoms with Crippen LogP contribution in [0.2, 0.25) is 0 Å². The maximum atomic E-state index is 10.6. The molecular weight excluding hydrogens is 266 g/mol. The van der Waals surface area contributed by atoms with Crippen LogP contribution in [0, 0.1) is 0 Å². The highest BCUT2D eigenvalue weighted by Crippen LogP contribution is 2.19. The van der Waals surface area contributed by atoms with Crippen molar-refractivity contribution in [2.24, 2.45) is 16.0 Å². The number of rotatable bonds is 5. The smallest absolute Gasteiger partial charge is 0.409 e. The monoisotopic (exact) mass is 281 g/mol. The van der Waals surface area contributed by atoms with Crippen LogP contribution >= 0.6 is 0 Å². The average Bonchev–Trinajstić information content (AvgIpc) is 2.47. The molecule has 21 heavy (non-hydrogen) atoms. The molecule has 0 aromatic heterocycles. The minimum Gasteiger partial charge on any atom is -0.415 e. The fourth-order valence-corrected chi connectivity index (χ4v) is 1.70. The van der Waals surface area contributed by atoms with Crippen LogP contribution in [0.1, 0.15) is 5.56 Å².